The Morgan fingerprint density at radius 1 is 0.938 bits per heavy atom. The Hall–Kier alpha value is -2.48. The Kier molecular flexibility index (Phi) is 7.08. The molecule has 0 amide bonds. The van der Waals surface area contributed by atoms with Gasteiger partial charge in [0.2, 0.25) is 0 Å². The van der Waals surface area contributed by atoms with E-state index in [-0.39, 0.29) is 18.0 Å². The van der Waals surface area contributed by atoms with Crippen LogP contribution in [0.2, 0.25) is 0 Å². The lowest BCUT2D eigenvalue weighted by atomic mass is 9.97. The van der Waals surface area contributed by atoms with Crippen LogP contribution in [0.5, 0.6) is 17.2 Å². The third-order valence-electron chi connectivity index (χ3n) is 5.28. The maximum absolute atomic E-state index is 10.9. The van der Waals surface area contributed by atoms with Crippen LogP contribution in [0.15, 0.2) is 75.7 Å². The normalized spacial score (nSPS) is 17.9. The molecule has 0 aliphatic carbocycles. The fourth-order valence-corrected chi connectivity index (χ4v) is 4.59. The van der Waals surface area contributed by atoms with Crippen molar-refractivity contribution >= 4 is 37.6 Å². The minimum absolute atomic E-state index is 0.138. The zero-order valence-electron chi connectivity index (χ0n) is 17.7. The summed E-state index contributed by atoms with van der Waals surface area (Å²) < 4.78 is 13.2. The number of aromatic hydroxyl groups is 1. The quantitative estimate of drug-likeness (QED) is 0.331. The number of nitrogens with one attached hydrogen (secondary N) is 2. The van der Waals surface area contributed by atoms with E-state index in [1.54, 1.807) is 13.2 Å². The van der Waals surface area contributed by atoms with Crippen LogP contribution in [0.1, 0.15) is 35.8 Å². The van der Waals surface area contributed by atoms with E-state index in [2.05, 4.69) is 60.7 Å². The molecule has 3 N–H and O–H groups in total. The first-order valence-electron chi connectivity index (χ1n) is 10.3. The fourth-order valence-electron chi connectivity index (χ4n) is 3.82. The molecular weight excluding hydrogens is 536 g/mol. The number of rotatable bonds is 6. The van der Waals surface area contributed by atoms with E-state index in [1.807, 2.05) is 49.4 Å². The number of hydrogen-bond acceptors (Lipinski definition) is 5. The van der Waals surface area contributed by atoms with Gasteiger partial charge in [0.15, 0.2) is 11.5 Å². The standard InChI is InChI=1S/C25H24Br2N2O3/c1-3-32-23-9-5-8-18(24(23)30)21-14-20(15-6-4-7-16(26)12-15)28-25(29-21)19-13-17(27)10-11-22(19)31-2/h4-14,21,25,28-30H,3H2,1-2H3. The number of hydrogen-bond donors (Lipinski definition) is 3. The number of methoxy groups -OCH3 is 1. The van der Waals surface area contributed by atoms with Crippen molar-refractivity contribution in [3.63, 3.8) is 0 Å². The second kappa shape index (κ2) is 9.98. The molecule has 1 aliphatic heterocycles. The summed E-state index contributed by atoms with van der Waals surface area (Å²) in [6.07, 6.45) is 1.81. The Balaban J connectivity index is 1.81. The molecule has 0 bridgehead atoms. The van der Waals surface area contributed by atoms with Crippen molar-refractivity contribution in [1.29, 1.82) is 0 Å². The summed E-state index contributed by atoms with van der Waals surface area (Å²) in [5.41, 5.74) is 3.67. The molecule has 0 fully saturated rings. The Morgan fingerprint density at radius 2 is 1.72 bits per heavy atom. The van der Waals surface area contributed by atoms with Crippen LogP contribution in [-0.4, -0.2) is 18.8 Å². The second-order valence-corrected chi connectivity index (χ2v) is 9.16. The Morgan fingerprint density at radius 3 is 2.47 bits per heavy atom. The van der Waals surface area contributed by atoms with Crippen LogP contribution in [0.4, 0.5) is 0 Å². The van der Waals surface area contributed by atoms with Gasteiger partial charge in [-0.15, -0.1) is 0 Å². The molecule has 1 heterocycles. The second-order valence-electron chi connectivity index (χ2n) is 7.33. The van der Waals surface area contributed by atoms with E-state index in [0.29, 0.717) is 12.4 Å². The van der Waals surface area contributed by atoms with E-state index in [0.717, 1.165) is 37.1 Å². The lowest BCUT2D eigenvalue weighted by molar-refractivity contribution is 0.314. The van der Waals surface area contributed by atoms with Crippen LogP contribution in [0.25, 0.3) is 5.70 Å². The molecular formula is C25H24Br2N2O3. The number of para-hydroxylation sites is 1. The fraction of sp³-hybridized carbons (Fsp3) is 0.200. The number of benzene rings is 3. The van der Waals surface area contributed by atoms with E-state index in [4.69, 9.17) is 9.47 Å². The topological polar surface area (TPSA) is 62.8 Å². The van der Waals surface area contributed by atoms with Crippen LogP contribution >= 0.6 is 31.9 Å². The molecule has 166 valence electrons. The molecule has 7 heteroatoms. The molecule has 5 nitrogen and oxygen atoms in total. The summed E-state index contributed by atoms with van der Waals surface area (Å²) in [5.74, 6) is 1.37. The lowest BCUT2D eigenvalue weighted by Gasteiger charge is -2.34. The van der Waals surface area contributed by atoms with Crippen molar-refractivity contribution in [2.45, 2.75) is 19.1 Å². The minimum atomic E-state index is -0.265. The summed E-state index contributed by atoms with van der Waals surface area (Å²) in [4.78, 5) is 0. The molecule has 2 unspecified atom stereocenters. The van der Waals surface area contributed by atoms with Gasteiger partial charge in [-0.25, -0.2) is 0 Å². The first-order valence-corrected chi connectivity index (χ1v) is 11.9. The molecule has 0 radical (unpaired) electrons. The van der Waals surface area contributed by atoms with E-state index < -0.39 is 0 Å². The molecule has 0 aromatic heterocycles. The summed E-state index contributed by atoms with van der Waals surface area (Å²) >= 11 is 7.14. The van der Waals surface area contributed by atoms with Gasteiger partial charge in [-0.1, -0.05) is 56.1 Å². The highest BCUT2D eigenvalue weighted by molar-refractivity contribution is 9.10. The molecule has 4 rings (SSSR count). The first-order chi connectivity index (χ1) is 15.5. The van der Waals surface area contributed by atoms with E-state index >= 15 is 0 Å². The van der Waals surface area contributed by atoms with Crippen LogP contribution in [0.3, 0.4) is 0 Å². The highest BCUT2D eigenvalue weighted by Crippen LogP contribution is 2.39. The van der Waals surface area contributed by atoms with Gasteiger partial charge in [-0.2, -0.15) is 0 Å². The predicted octanol–water partition coefficient (Wildman–Crippen LogP) is 6.30. The average Bonchev–Trinajstić information content (AvgIpc) is 2.80. The molecule has 1 aliphatic rings. The third-order valence-corrected chi connectivity index (χ3v) is 6.27. The SMILES string of the molecule is CCOc1cccc(C2C=C(c3cccc(Br)c3)NC(c3cc(Br)ccc3OC)N2)c1O. The third kappa shape index (κ3) is 4.80. The van der Waals surface area contributed by atoms with Gasteiger partial charge in [-0.05, 0) is 55.0 Å². The predicted molar refractivity (Wildman–Crippen MR) is 134 cm³/mol. The number of halogens is 2. The number of ether oxygens (including phenoxy) is 2. The molecule has 2 atom stereocenters. The van der Waals surface area contributed by atoms with Gasteiger partial charge in [0, 0.05) is 25.8 Å². The van der Waals surface area contributed by atoms with Crippen molar-refractivity contribution in [2.24, 2.45) is 0 Å². The van der Waals surface area contributed by atoms with Gasteiger partial charge < -0.3 is 19.9 Å². The van der Waals surface area contributed by atoms with Gasteiger partial charge in [0.25, 0.3) is 0 Å². The monoisotopic (exact) mass is 558 g/mol. The zero-order chi connectivity index (χ0) is 22.7. The van der Waals surface area contributed by atoms with Gasteiger partial charge in [-0.3, -0.25) is 5.32 Å². The highest BCUT2D eigenvalue weighted by atomic mass is 79.9. The summed E-state index contributed by atoms with van der Waals surface area (Å²) in [7, 11) is 1.66. The zero-order valence-corrected chi connectivity index (χ0v) is 20.9. The molecule has 0 saturated carbocycles. The van der Waals surface area contributed by atoms with Crippen LogP contribution in [0, 0.1) is 0 Å². The van der Waals surface area contributed by atoms with Crippen molar-refractivity contribution in [3.8, 4) is 17.2 Å². The van der Waals surface area contributed by atoms with Gasteiger partial charge in [0.05, 0.1) is 19.8 Å². The molecule has 0 spiro atoms. The minimum Gasteiger partial charge on any atom is -0.504 e. The Labute approximate surface area is 204 Å². The molecule has 32 heavy (non-hydrogen) atoms. The molecule has 0 saturated heterocycles. The van der Waals surface area contributed by atoms with Crippen molar-refractivity contribution in [3.05, 3.63) is 92.4 Å². The maximum Gasteiger partial charge on any atom is 0.162 e. The summed E-state index contributed by atoms with van der Waals surface area (Å²) in [5, 5.41) is 18.1. The van der Waals surface area contributed by atoms with Gasteiger partial charge in [0.1, 0.15) is 11.9 Å². The number of phenolic OH excluding ortho intramolecular Hbond substituents is 1. The highest BCUT2D eigenvalue weighted by Gasteiger charge is 2.28. The smallest absolute Gasteiger partial charge is 0.162 e. The summed E-state index contributed by atoms with van der Waals surface area (Å²) in [6.45, 7) is 2.38. The Bertz CT molecular complexity index is 1150. The van der Waals surface area contributed by atoms with Crippen LogP contribution in [-0.2, 0) is 0 Å². The average molecular weight is 560 g/mol. The molecule has 3 aromatic rings. The van der Waals surface area contributed by atoms with Crippen molar-refractivity contribution in [2.75, 3.05) is 13.7 Å². The van der Waals surface area contributed by atoms with E-state index in [1.165, 1.54) is 0 Å². The van der Waals surface area contributed by atoms with E-state index in [9.17, 15) is 5.11 Å². The van der Waals surface area contributed by atoms with Crippen molar-refractivity contribution in [1.82, 2.24) is 10.6 Å². The number of phenols is 1. The molecule has 3 aromatic carbocycles. The summed E-state index contributed by atoms with van der Waals surface area (Å²) in [6, 6.07) is 19.3. The largest absolute Gasteiger partial charge is 0.504 e. The maximum atomic E-state index is 10.9. The van der Waals surface area contributed by atoms with Gasteiger partial charge >= 0.3 is 0 Å². The first kappa shape index (κ1) is 22.7. The van der Waals surface area contributed by atoms with Crippen LogP contribution < -0.4 is 20.1 Å². The lowest BCUT2D eigenvalue weighted by Crippen LogP contribution is -2.39. The van der Waals surface area contributed by atoms with Crippen molar-refractivity contribution < 1.29 is 14.6 Å².